The predicted octanol–water partition coefficient (Wildman–Crippen LogP) is 2.04. The number of nitrogens with two attached hydrogens (primary N) is 1. The van der Waals surface area contributed by atoms with Crippen LogP contribution < -0.4 is 14.8 Å². The Hall–Kier alpha value is -1.57. The van der Waals surface area contributed by atoms with Crippen molar-refractivity contribution in [2.45, 2.75) is 10.8 Å². The van der Waals surface area contributed by atoms with Crippen LogP contribution in [0, 0.1) is 0 Å². The molecular weight excluding hydrogens is 296 g/mol. The Morgan fingerprint density at radius 2 is 1.95 bits per heavy atom. The van der Waals surface area contributed by atoms with Crippen LogP contribution in [0.25, 0.3) is 0 Å². The van der Waals surface area contributed by atoms with Crippen molar-refractivity contribution in [2.75, 3.05) is 19.1 Å². The molecule has 0 unspecified atom stereocenters. The molecule has 0 aliphatic heterocycles. The van der Waals surface area contributed by atoms with Crippen LogP contribution in [0.2, 0.25) is 0 Å². The number of primary sulfonamides is 1. The molecule has 1 heterocycles. The van der Waals surface area contributed by atoms with Gasteiger partial charge in [0.25, 0.3) is 0 Å². The molecule has 0 radical (unpaired) electrons. The highest BCUT2D eigenvalue weighted by molar-refractivity contribution is 7.91. The summed E-state index contributed by atoms with van der Waals surface area (Å²) in [6.45, 7) is 0.609. The molecular formula is C13H16N2O3S2. The van der Waals surface area contributed by atoms with Crippen LogP contribution in [0.4, 0.5) is 5.69 Å². The van der Waals surface area contributed by atoms with E-state index in [-0.39, 0.29) is 4.21 Å². The van der Waals surface area contributed by atoms with Crippen molar-refractivity contribution < 1.29 is 13.2 Å². The number of anilines is 1. The molecule has 0 atom stereocenters. The van der Waals surface area contributed by atoms with Crippen molar-refractivity contribution in [2.24, 2.45) is 5.14 Å². The Balaban J connectivity index is 2.10. The SMILES string of the molecule is COc1ccc(N(C)Cc2csc(S(N)(=O)=O)c2)cc1. The summed E-state index contributed by atoms with van der Waals surface area (Å²) in [5.74, 6) is 0.800. The van der Waals surface area contributed by atoms with Gasteiger partial charge in [-0.25, -0.2) is 13.6 Å². The first-order valence-electron chi connectivity index (χ1n) is 5.85. The zero-order chi connectivity index (χ0) is 14.8. The van der Waals surface area contributed by atoms with E-state index in [4.69, 9.17) is 9.88 Å². The fraction of sp³-hybridized carbons (Fsp3) is 0.231. The Labute approximate surface area is 122 Å². The number of rotatable bonds is 5. The van der Waals surface area contributed by atoms with Gasteiger partial charge in [0.1, 0.15) is 9.96 Å². The smallest absolute Gasteiger partial charge is 0.247 e. The molecule has 0 aliphatic carbocycles. The quantitative estimate of drug-likeness (QED) is 0.917. The van der Waals surface area contributed by atoms with Gasteiger partial charge in [0, 0.05) is 19.3 Å². The molecule has 2 aromatic rings. The minimum atomic E-state index is -3.61. The third-order valence-electron chi connectivity index (χ3n) is 2.84. The van der Waals surface area contributed by atoms with Gasteiger partial charge in [-0.3, -0.25) is 0 Å². The second-order valence-corrected chi connectivity index (χ2v) is 7.07. The first-order chi connectivity index (χ1) is 9.40. The second-order valence-electron chi connectivity index (χ2n) is 4.37. The van der Waals surface area contributed by atoms with Crippen LogP contribution >= 0.6 is 11.3 Å². The molecule has 0 saturated heterocycles. The zero-order valence-corrected chi connectivity index (χ0v) is 12.9. The molecule has 108 valence electrons. The first-order valence-corrected chi connectivity index (χ1v) is 8.28. The lowest BCUT2D eigenvalue weighted by molar-refractivity contribution is 0.415. The van der Waals surface area contributed by atoms with Crippen molar-refractivity contribution in [1.29, 1.82) is 0 Å². The summed E-state index contributed by atoms with van der Waals surface area (Å²) >= 11 is 1.14. The molecule has 2 N–H and O–H groups in total. The van der Waals surface area contributed by atoms with Gasteiger partial charge in [0.05, 0.1) is 7.11 Å². The van der Waals surface area contributed by atoms with Crippen LogP contribution in [0.1, 0.15) is 5.56 Å². The van der Waals surface area contributed by atoms with E-state index < -0.39 is 10.0 Å². The van der Waals surface area contributed by atoms with E-state index in [2.05, 4.69) is 0 Å². The molecule has 0 bridgehead atoms. The van der Waals surface area contributed by atoms with Crippen molar-refractivity contribution in [1.82, 2.24) is 0 Å². The van der Waals surface area contributed by atoms with Crippen molar-refractivity contribution in [3.63, 3.8) is 0 Å². The van der Waals surface area contributed by atoms with E-state index in [9.17, 15) is 8.42 Å². The van der Waals surface area contributed by atoms with E-state index in [0.717, 1.165) is 28.3 Å². The van der Waals surface area contributed by atoms with Gasteiger partial charge < -0.3 is 9.64 Å². The normalized spacial score (nSPS) is 11.3. The maximum absolute atomic E-state index is 11.2. The van der Waals surface area contributed by atoms with Crippen LogP contribution in [-0.2, 0) is 16.6 Å². The molecule has 0 fully saturated rings. The summed E-state index contributed by atoms with van der Waals surface area (Å²) in [6, 6.07) is 9.28. The molecule has 0 amide bonds. The Morgan fingerprint density at radius 1 is 1.30 bits per heavy atom. The van der Waals surface area contributed by atoms with Gasteiger partial charge in [0.2, 0.25) is 10.0 Å². The Bertz CT molecular complexity index is 678. The number of thiophene rings is 1. The van der Waals surface area contributed by atoms with Gasteiger partial charge in [-0.05, 0) is 41.3 Å². The third kappa shape index (κ3) is 3.50. The summed E-state index contributed by atoms with van der Waals surface area (Å²) in [7, 11) is -0.0435. The number of methoxy groups -OCH3 is 1. The molecule has 20 heavy (non-hydrogen) atoms. The molecule has 1 aromatic carbocycles. The average molecular weight is 312 g/mol. The highest BCUT2D eigenvalue weighted by Crippen LogP contribution is 2.23. The second kappa shape index (κ2) is 5.82. The van der Waals surface area contributed by atoms with Gasteiger partial charge in [-0.15, -0.1) is 11.3 Å². The lowest BCUT2D eigenvalue weighted by Crippen LogP contribution is -2.16. The highest BCUT2D eigenvalue weighted by Gasteiger charge is 2.12. The van der Waals surface area contributed by atoms with E-state index in [1.54, 1.807) is 18.6 Å². The Morgan fingerprint density at radius 3 is 2.45 bits per heavy atom. The Kier molecular flexibility index (Phi) is 4.32. The maximum atomic E-state index is 11.2. The van der Waals surface area contributed by atoms with Gasteiger partial charge in [-0.2, -0.15) is 0 Å². The number of benzene rings is 1. The lowest BCUT2D eigenvalue weighted by Gasteiger charge is -2.18. The van der Waals surface area contributed by atoms with Crippen molar-refractivity contribution >= 4 is 27.0 Å². The van der Waals surface area contributed by atoms with Crippen molar-refractivity contribution in [3.8, 4) is 5.75 Å². The number of hydrogen-bond acceptors (Lipinski definition) is 5. The molecule has 5 nitrogen and oxygen atoms in total. The van der Waals surface area contributed by atoms with Crippen LogP contribution in [0.3, 0.4) is 0 Å². The fourth-order valence-electron chi connectivity index (χ4n) is 1.79. The molecule has 0 aliphatic rings. The monoisotopic (exact) mass is 312 g/mol. The van der Waals surface area contributed by atoms with Crippen LogP contribution in [-0.4, -0.2) is 22.6 Å². The van der Waals surface area contributed by atoms with Crippen LogP contribution in [0.15, 0.2) is 39.9 Å². The summed E-state index contributed by atoms with van der Waals surface area (Å²) < 4.78 is 27.8. The van der Waals surface area contributed by atoms with Crippen molar-refractivity contribution in [3.05, 3.63) is 41.3 Å². The number of sulfonamides is 1. The first kappa shape index (κ1) is 14.8. The molecule has 1 aromatic heterocycles. The summed E-state index contributed by atoms with van der Waals surface area (Å²) in [5.41, 5.74) is 1.94. The highest BCUT2D eigenvalue weighted by atomic mass is 32.2. The third-order valence-corrected chi connectivity index (χ3v) is 5.28. The van der Waals surface area contributed by atoms with E-state index in [1.165, 1.54) is 0 Å². The van der Waals surface area contributed by atoms with E-state index in [1.807, 2.05) is 36.2 Å². The van der Waals surface area contributed by atoms with Crippen LogP contribution in [0.5, 0.6) is 5.75 Å². The van der Waals surface area contributed by atoms with E-state index >= 15 is 0 Å². The van der Waals surface area contributed by atoms with E-state index in [0.29, 0.717) is 6.54 Å². The number of hydrogen-bond donors (Lipinski definition) is 1. The summed E-state index contributed by atoms with van der Waals surface area (Å²) in [4.78, 5) is 2.02. The summed E-state index contributed by atoms with van der Waals surface area (Å²) in [6.07, 6.45) is 0. The lowest BCUT2D eigenvalue weighted by atomic mass is 10.2. The number of nitrogens with zero attached hydrogens (tertiary/aromatic N) is 1. The van der Waals surface area contributed by atoms with Gasteiger partial charge in [-0.1, -0.05) is 0 Å². The zero-order valence-electron chi connectivity index (χ0n) is 11.2. The minimum Gasteiger partial charge on any atom is -0.497 e. The minimum absolute atomic E-state index is 0.190. The molecule has 0 saturated carbocycles. The summed E-state index contributed by atoms with van der Waals surface area (Å²) in [5, 5.41) is 6.90. The maximum Gasteiger partial charge on any atom is 0.247 e. The average Bonchev–Trinajstić information content (AvgIpc) is 2.87. The topological polar surface area (TPSA) is 72.6 Å². The standard InChI is InChI=1S/C13H16N2O3S2/c1-15(11-3-5-12(18-2)6-4-11)8-10-7-13(19-9-10)20(14,16)17/h3-7,9H,8H2,1-2H3,(H2,14,16,17). The molecule has 7 heteroatoms. The molecule has 0 spiro atoms. The molecule has 2 rings (SSSR count). The van der Waals surface area contributed by atoms with Gasteiger partial charge >= 0.3 is 0 Å². The number of ether oxygens (including phenoxy) is 1. The van der Waals surface area contributed by atoms with Gasteiger partial charge in [0.15, 0.2) is 0 Å². The largest absolute Gasteiger partial charge is 0.497 e. The predicted molar refractivity (Wildman–Crippen MR) is 80.8 cm³/mol. The fourth-order valence-corrected chi connectivity index (χ4v) is 3.41.